The van der Waals surface area contributed by atoms with E-state index in [-0.39, 0.29) is 73.0 Å². The first-order chi connectivity index (χ1) is 34.9. The molecule has 428 valence electrons. The minimum Gasteiger partial charge on any atom is -0.479 e. The van der Waals surface area contributed by atoms with Crippen LogP contribution in [0.1, 0.15) is 133 Å². The first-order valence-corrected chi connectivity index (χ1v) is 27.5. The minimum absolute atomic E-state index is 0.00610. The molecule has 0 radical (unpaired) electrons. The maximum Gasteiger partial charge on any atom is 0.338 e. The summed E-state index contributed by atoms with van der Waals surface area (Å²) in [6.45, 7) is 19.3. The first-order valence-electron chi connectivity index (χ1n) is 27.5. The van der Waals surface area contributed by atoms with Crippen LogP contribution in [0.2, 0.25) is 0 Å². The molecule has 0 bridgehead atoms. The number of hydrogen-bond donors (Lipinski definition) is 4. The molecular weight excluding hydrogens is 969 g/mol. The first kappa shape index (κ1) is 58.9. The SMILES string of the molecule is COC1CCC(OC2C(C)C([C@H]3CC[C@H]([C@@H]4CC[C@H]([C@@]5(C)O[C@]6(O[C@H](C[C@@H]7O[C@](O)([C@@H](O)C(=O)O)[C@@H](C)[C@H](OC)[C@@]7(C)OC)C[C@@H](OC)[C@H]6C)[C@H](C)[C@H]5OC5CCC(OC)C(C)O5)O4)O3)OC(C)(O)C2C)OC1C. The number of ether oxygens (including phenoxy) is 15. The van der Waals surface area contributed by atoms with Gasteiger partial charge in [-0.05, 0) is 73.1 Å². The number of carbonyl (C=O) groups is 1. The van der Waals surface area contributed by atoms with Crippen molar-refractivity contribution in [1.82, 2.24) is 0 Å². The molecule has 8 aliphatic heterocycles. The van der Waals surface area contributed by atoms with Gasteiger partial charge in [-0.1, -0.05) is 34.6 Å². The van der Waals surface area contributed by atoms with Crippen LogP contribution in [0.5, 0.6) is 0 Å². The van der Waals surface area contributed by atoms with Gasteiger partial charge in [0.2, 0.25) is 11.9 Å². The standard InChI is InChI=1S/C54H92O20/c1-26-44(69-42-22-19-34(60-11)31(6)65-42)28(3)52(10,58)73-45(26)38-17-16-36(67-38)37-18-21-40(68-37)51(9)48(70-43-23-20-35(61-12)32(7)66-43)30(5)54(74-51)27(2)39(62-13)24-33(71-54)25-41-50(8,64-15)47(63-14)29(4)53(59,72-41)46(55)49(56)57/h26-48,55,58-59H,16-25H2,1-15H3,(H,56,57)/t26?,27-,28?,29+,30-,31?,32?,33+,34?,35?,36-,37+,38-,39-,40-,41+,42?,43?,44?,45?,46+,47+,48-,50+,51-,52?,53+,54+/m1/s1. The van der Waals surface area contributed by atoms with Crippen molar-refractivity contribution >= 4 is 5.97 Å². The minimum atomic E-state index is -2.53. The molecular formula is C54H92O20. The lowest BCUT2D eigenvalue weighted by Gasteiger charge is -2.56. The van der Waals surface area contributed by atoms with Crippen LogP contribution in [-0.2, 0) is 75.8 Å². The van der Waals surface area contributed by atoms with Crippen molar-refractivity contribution in [3.63, 3.8) is 0 Å². The van der Waals surface area contributed by atoms with E-state index in [2.05, 4.69) is 20.8 Å². The molecule has 8 fully saturated rings. The fraction of sp³-hybridized carbons (Fsp3) is 0.981. The Bertz CT molecular complexity index is 1880. The van der Waals surface area contributed by atoms with Gasteiger partial charge in [0.05, 0.1) is 91.6 Å². The van der Waals surface area contributed by atoms with Crippen LogP contribution >= 0.6 is 0 Å². The second kappa shape index (κ2) is 22.7. The number of hydrogen-bond acceptors (Lipinski definition) is 19. The van der Waals surface area contributed by atoms with Gasteiger partial charge in [0.1, 0.15) is 11.2 Å². The van der Waals surface area contributed by atoms with Gasteiger partial charge in [0.15, 0.2) is 24.2 Å². The quantitative estimate of drug-likeness (QED) is 0.162. The molecule has 0 aromatic carbocycles. The van der Waals surface area contributed by atoms with Crippen molar-refractivity contribution in [1.29, 1.82) is 0 Å². The van der Waals surface area contributed by atoms with Crippen molar-refractivity contribution in [2.45, 2.75) is 272 Å². The van der Waals surface area contributed by atoms with E-state index < -0.39 is 108 Å². The Balaban J connectivity index is 1.03. The fourth-order valence-corrected chi connectivity index (χ4v) is 14.6. The van der Waals surface area contributed by atoms with Crippen LogP contribution in [-0.4, -0.2) is 201 Å². The molecule has 74 heavy (non-hydrogen) atoms. The van der Waals surface area contributed by atoms with Crippen molar-refractivity contribution in [3.8, 4) is 0 Å². The number of aliphatic carboxylic acids is 1. The zero-order valence-electron chi connectivity index (χ0n) is 46.7. The Morgan fingerprint density at radius 3 is 1.77 bits per heavy atom. The zero-order valence-corrected chi connectivity index (χ0v) is 46.7. The molecule has 8 heterocycles. The van der Waals surface area contributed by atoms with Crippen molar-refractivity contribution in [2.24, 2.45) is 29.6 Å². The number of rotatable bonds is 16. The van der Waals surface area contributed by atoms with Crippen molar-refractivity contribution in [2.75, 3.05) is 35.5 Å². The molecule has 0 aromatic heterocycles. The molecule has 0 aromatic rings. The highest BCUT2D eigenvalue weighted by Gasteiger charge is 2.70. The lowest BCUT2D eigenvalue weighted by molar-refractivity contribution is -0.389. The van der Waals surface area contributed by atoms with Gasteiger partial charge in [-0.3, -0.25) is 0 Å². The van der Waals surface area contributed by atoms with Crippen LogP contribution in [0, 0.1) is 29.6 Å². The molecule has 20 nitrogen and oxygen atoms in total. The Morgan fingerprint density at radius 1 is 0.622 bits per heavy atom. The van der Waals surface area contributed by atoms with Gasteiger partial charge in [0, 0.05) is 90.8 Å². The van der Waals surface area contributed by atoms with Gasteiger partial charge < -0.3 is 91.5 Å². The van der Waals surface area contributed by atoms with E-state index >= 15 is 0 Å². The second-order valence-corrected chi connectivity index (χ2v) is 23.7. The summed E-state index contributed by atoms with van der Waals surface area (Å²) in [7, 11) is 8.01. The Kier molecular flexibility index (Phi) is 18.1. The molecule has 11 unspecified atom stereocenters. The number of carboxylic acids is 1. The summed E-state index contributed by atoms with van der Waals surface area (Å²) in [6, 6.07) is 0. The molecule has 0 amide bonds. The normalized spacial score (nSPS) is 53.6. The van der Waals surface area contributed by atoms with E-state index in [1.807, 2.05) is 27.7 Å². The molecule has 0 saturated carbocycles. The predicted octanol–water partition coefficient (Wildman–Crippen LogP) is 4.85. The molecule has 4 N–H and O–H groups in total. The lowest BCUT2D eigenvalue weighted by Crippen LogP contribution is -2.72. The summed E-state index contributed by atoms with van der Waals surface area (Å²) in [5.41, 5.74) is -2.32. The number of aliphatic hydroxyl groups is 3. The smallest absolute Gasteiger partial charge is 0.338 e. The predicted molar refractivity (Wildman–Crippen MR) is 262 cm³/mol. The molecule has 8 aliphatic rings. The summed E-state index contributed by atoms with van der Waals surface area (Å²) in [5.74, 6) is -9.21. The Labute approximate surface area is 438 Å². The highest BCUT2D eigenvalue weighted by molar-refractivity contribution is 5.73. The van der Waals surface area contributed by atoms with Gasteiger partial charge in [-0.25, -0.2) is 4.79 Å². The molecule has 8 rings (SSSR count). The summed E-state index contributed by atoms with van der Waals surface area (Å²) in [5, 5.41) is 44.4. The number of methoxy groups -OCH3 is 5. The van der Waals surface area contributed by atoms with Crippen molar-refractivity contribution in [3.05, 3.63) is 0 Å². The number of aliphatic hydroxyl groups excluding tert-OH is 1. The highest BCUT2D eigenvalue weighted by atomic mass is 16.8. The summed E-state index contributed by atoms with van der Waals surface area (Å²) in [4.78, 5) is 12.2. The summed E-state index contributed by atoms with van der Waals surface area (Å²) >= 11 is 0. The van der Waals surface area contributed by atoms with Gasteiger partial charge in [0.25, 0.3) is 0 Å². The van der Waals surface area contributed by atoms with E-state index in [9.17, 15) is 25.2 Å². The van der Waals surface area contributed by atoms with Gasteiger partial charge in [-0.15, -0.1) is 0 Å². The van der Waals surface area contributed by atoms with E-state index in [0.29, 0.717) is 38.5 Å². The average Bonchev–Trinajstić information content (AvgIpc) is 4.11. The van der Waals surface area contributed by atoms with Crippen LogP contribution in [0.15, 0.2) is 0 Å². The lowest BCUT2D eigenvalue weighted by atomic mass is 9.73. The van der Waals surface area contributed by atoms with E-state index in [0.717, 1.165) is 19.3 Å². The van der Waals surface area contributed by atoms with Gasteiger partial charge >= 0.3 is 5.97 Å². The zero-order chi connectivity index (χ0) is 54.0. The molecule has 1 spiro atoms. The topological polar surface area (TPSA) is 236 Å². The van der Waals surface area contributed by atoms with Crippen molar-refractivity contribution < 1.29 is 96.3 Å². The average molecular weight is 1060 g/mol. The third-order valence-corrected chi connectivity index (χ3v) is 19.5. The maximum absolute atomic E-state index is 12.2. The molecule has 8 saturated heterocycles. The van der Waals surface area contributed by atoms with Crippen LogP contribution in [0.25, 0.3) is 0 Å². The van der Waals surface area contributed by atoms with Gasteiger partial charge in [-0.2, -0.15) is 0 Å². The summed E-state index contributed by atoms with van der Waals surface area (Å²) < 4.78 is 98.1. The Morgan fingerprint density at radius 2 is 1.20 bits per heavy atom. The highest BCUT2D eigenvalue weighted by Crippen LogP contribution is 2.58. The molecule has 28 atom stereocenters. The van der Waals surface area contributed by atoms with E-state index in [1.54, 1.807) is 42.1 Å². The molecule has 20 heteroatoms. The Hall–Kier alpha value is -1.25. The maximum atomic E-state index is 12.2. The van der Waals surface area contributed by atoms with E-state index in [1.165, 1.54) is 14.2 Å². The molecule has 0 aliphatic carbocycles. The second-order valence-electron chi connectivity index (χ2n) is 23.7. The fourth-order valence-electron chi connectivity index (χ4n) is 14.6. The third-order valence-electron chi connectivity index (χ3n) is 19.5. The van der Waals surface area contributed by atoms with Crippen LogP contribution < -0.4 is 0 Å². The van der Waals surface area contributed by atoms with E-state index in [4.69, 9.17) is 71.1 Å². The summed E-state index contributed by atoms with van der Waals surface area (Å²) in [6.07, 6.45) is -3.33. The number of carboxylic acid groups (broad SMARTS) is 1. The van der Waals surface area contributed by atoms with Crippen LogP contribution in [0.4, 0.5) is 0 Å². The van der Waals surface area contributed by atoms with Crippen LogP contribution in [0.3, 0.4) is 0 Å². The third kappa shape index (κ3) is 10.5. The largest absolute Gasteiger partial charge is 0.479 e. The monoisotopic (exact) mass is 1060 g/mol.